The summed E-state index contributed by atoms with van der Waals surface area (Å²) in [5.74, 6) is 0. The van der Waals surface area contributed by atoms with Crippen LogP contribution in [0, 0.1) is 0 Å². The smallest absolute Gasteiger partial charge is 0.0605 e. The number of aryl methyl sites for hydroxylation is 1. The van der Waals surface area contributed by atoms with Crippen molar-refractivity contribution in [1.29, 1.82) is 0 Å². The Morgan fingerprint density at radius 1 is 1.22 bits per heavy atom. The number of nitrogens with one attached hydrogen (secondary N) is 1. The van der Waals surface area contributed by atoms with E-state index in [1.165, 1.54) is 62.6 Å². The highest BCUT2D eigenvalue weighted by molar-refractivity contribution is 5.27. The van der Waals surface area contributed by atoms with Crippen molar-refractivity contribution in [3.05, 3.63) is 29.6 Å². The molecule has 1 unspecified atom stereocenters. The number of rotatable bonds is 8. The summed E-state index contributed by atoms with van der Waals surface area (Å²) in [5, 5.41) is 3.67. The predicted octanol–water partition coefficient (Wildman–Crippen LogP) is 4.02. The van der Waals surface area contributed by atoms with Gasteiger partial charge in [-0.25, -0.2) is 0 Å². The third-order valence-electron chi connectivity index (χ3n) is 3.88. The van der Waals surface area contributed by atoms with Gasteiger partial charge in [0, 0.05) is 6.20 Å². The van der Waals surface area contributed by atoms with Crippen LogP contribution in [0.2, 0.25) is 0 Å². The molecular formula is C16H26N2. The molecular weight excluding hydrogens is 220 g/mol. The Kier molecular flexibility index (Phi) is 5.66. The number of unbranched alkanes of at least 4 members (excludes halogenated alkanes) is 5. The summed E-state index contributed by atoms with van der Waals surface area (Å²) >= 11 is 0. The summed E-state index contributed by atoms with van der Waals surface area (Å²) in [4.78, 5) is 4.52. The molecule has 1 aliphatic rings. The van der Waals surface area contributed by atoms with Crippen LogP contribution in [-0.4, -0.2) is 11.5 Å². The molecule has 0 fully saturated rings. The highest BCUT2D eigenvalue weighted by atomic mass is 14.9. The van der Waals surface area contributed by atoms with Gasteiger partial charge in [-0.1, -0.05) is 45.1 Å². The van der Waals surface area contributed by atoms with E-state index >= 15 is 0 Å². The second-order valence-electron chi connectivity index (χ2n) is 5.36. The lowest BCUT2D eigenvalue weighted by Crippen LogP contribution is -2.21. The number of nitrogens with zero attached hydrogens (tertiary/aromatic N) is 1. The quantitative estimate of drug-likeness (QED) is 0.701. The molecule has 0 aliphatic heterocycles. The van der Waals surface area contributed by atoms with Crippen molar-refractivity contribution in [2.75, 3.05) is 6.54 Å². The molecule has 2 heteroatoms. The van der Waals surface area contributed by atoms with Gasteiger partial charge >= 0.3 is 0 Å². The normalized spacial score (nSPS) is 17.9. The van der Waals surface area contributed by atoms with E-state index in [-0.39, 0.29) is 0 Å². The van der Waals surface area contributed by atoms with E-state index in [4.69, 9.17) is 0 Å². The maximum Gasteiger partial charge on any atom is 0.0605 e. The standard InChI is InChI=1S/C16H26N2/c1-2-3-4-5-6-7-12-17-15-11-10-14-9-8-13-18-16(14)15/h8-9,13,15,17H,2-7,10-12H2,1H3. The molecule has 0 bridgehead atoms. The monoisotopic (exact) mass is 246 g/mol. The summed E-state index contributed by atoms with van der Waals surface area (Å²) in [5.41, 5.74) is 2.74. The minimum atomic E-state index is 0.511. The fraction of sp³-hybridized carbons (Fsp3) is 0.688. The molecule has 0 saturated carbocycles. The van der Waals surface area contributed by atoms with Gasteiger partial charge in [0.25, 0.3) is 0 Å². The largest absolute Gasteiger partial charge is 0.309 e. The van der Waals surface area contributed by atoms with Crippen LogP contribution in [-0.2, 0) is 6.42 Å². The van der Waals surface area contributed by atoms with E-state index in [9.17, 15) is 0 Å². The first-order chi connectivity index (χ1) is 8.92. The van der Waals surface area contributed by atoms with Crippen LogP contribution in [0.4, 0.5) is 0 Å². The van der Waals surface area contributed by atoms with Gasteiger partial charge in [0.2, 0.25) is 0 Å². The van der Waals surface area contributed by atoms with Crippen LogP contribution in [0.15, 0.2) is 18.3 Å². The van der Waals surface area contributed by atoms with Gasteiger partial charge in [-0.15, -0.1) is 0 Å². The van der Waals surface area contributed by atoms with Gasteiger partial charge in [0.1, 0.15) is 0 Å². The third-order valence-corrected chi connectivity index (χ3v) is 3.88. The number of hydrogen-bond donors (Lipinski definition) is 1. The summed E-state index contributed by atoms with van der Waals surface area (Å²) in [7, 11) is 0. The molecule has 1 aliphatic carbocycles. The molecule has 0 spiro atoms. The summed E-state index contributed by atoms with van der Waals surface area (Å²) < 4.78 is 0. The highest BCUT2D eigenvalue weighted by Gasteiger charge is 2.22. The molecule has 0 radical (unpaired) electrons. The van der Waals surface area contributed by atoms with Crippen LogP contribution < -0.4 is 5.32 Å². The number of fused-ring (bicyclic) bond motifs is 1. The fourth-order valence-electron chi connectivity index (χ4n) is 2.79. The maximum absolute atomic E-state index is 4.52. The lowest BCUT2D eigenvalue weighted by Gasteiger charge is -2.12. The summed E-state index contributed by atoms with van der Waals surface area (Å²) in [6, 6.07) is 4.78. The first kappa shape index (κ1) is 13.5. The van der Waals surface area contributed by atoms with Crippen LogP contribution in [0.25, 0.3) is 0 Å². The van der Waals surface area contributed by atoms with Gasteiger partial charge in [-0.2, -0.15) is 0 Å². The molecule has 0 saturated heterocycles. The topological polar surface area (TPSA) is 24.9 Å². The average molecular weight is 246 g/mol. The summed E-state index contributed by atoms with van der Waals surface area (Å²) in [6.45, 7) is 3.42. The van der Waals surface area contributed by atoms with Crippen molar-refractivity contribution in [3.8, 4) is 0 Å². The minimum absolute atomic E-state index is 0.511. The van der Waals surface area contributed by atoms with E-state index < -0.39 is 0 Å². The van der Waals surface area contributed by atoms with Gasteiger partial charge in [0.05, 0.1) is 11.7 Å². The van der Waals surface area contributed by atoms with Crippen LogP contribution in [0.5, 0.6) is 0 Å². The molecule has 2 nitrogen and oxygen atoms in total. The molecule has 100 valence electrons. The van der Waals surface area contributed by atoms with E-state index in [2.05, 4.69) is 29.4 Å². The summed E-state index contributed by atoms with van der Waals surface area (Å²) in [6.07, 6.45) is 12.6. The van der Waals surface area contributed by atoms with Gasteiger partial charge < -0.3 is 5.32 Å². The van der Waals surface area contributed by atoms with Crippen LogP contribution in [0.3, 0.4) is 0 Å². The average Bonchev–Trinajstić information content (AvgIpc) is 2.81. The Labute approximate surface area is 111 Å². The van der Waals surface area contributed by atoms with E-state index in [1.807, 2.05) is 6.20 Å². The SMILES string of the molecule is CCCCCCCCNC1CCc2cccnc21. The van der Waals surface area contributed by atoms with Crippen molar-refractivity contribution in [2.45, 2.75) is 64.3 Å². The van der Waals surface area contributed by atoms with Crippen molar-refractivity contribution < 1.29 is 0 Å². The van der Waals surface area contributed by atoms with E-state index in [0.29, 0.717) is 6.04 Å². The zero-order chi connectivity index (χ0) is 12.6. The Balaban J connectivity index is 1.61. The first-order valence-corrected chi connectivity index (χ1v) is 7.59. The zero-order valence-electron chi connectivity index (χ0n) is 11.6. The molecule has 2 rings (SSSR count). The van der Waals surface area contributed by atoms with Crippen molar-refractivity contribution in [2.24, 2.45) is 0 Å². The molecule has 1 aromatic heterocycles. The van der Waals surface area contributed by atoms with Crippen LogP contribution >= 0.6 is 0 Å². The molecule has 0 aromatic carbocycles. The van der Waals surface area contributed by atoms with Gasteiger partial charge in [0.15, 0.2) is 0 Å². The van der Waals surface area contributed by atoms with E-state index in [0.717, 1.165) is 6.54 Å². The van der Waals surface area contributed by atoms with Crippen LogP contribution in [0.1, 0.15) is 69.2 Å². The molecule has 18 heavy (non-hydrogen) atoms. The molecule has 1 heterocycles. The van der Waals surface area contributed by atoms with E-state index in [1.54, 1.807) is 0 Å². The molecule has 1 atom stereocenters. The Hall–Kier alpha value is -0.890. The number of aromatic nitrogens is 1. The Bertz CT molecular complexity index is 349. The zero-order valence-corrected chi connectivity index (χ0v) is 11.6. The third kappa shape index (κ3) is 3.81. The molecule has 1 aromatic rings. The van der Waals surface area contributed by atoms with Gasteiger partial charge in [-0.3, -0.25) is 4.98 Å². The van der Waals surface area contributed by atoms with Crippen molar-refractivity contribution in [3.63, 3.8) is 0 Å². The Morgan fingerprint density at radius 3 is 2.94 bits per heavy atom. The Morgan fingerprint density at radius 2 is 2.06 bits per heavy atom. The highest BCUT2D eigenvalue weighted by Crippen LogP contribution is 2.28. The fourth-order valence-corrected chi connectivity index (χ4v) is 2.79. The van der Waals surface area contributed by atoms with Crippen molar-refractivity contribution >= 4 is 0 Å². The second kappa shape index (κ2) is 7.52. The number of pyridine rings is 1. The lowest BCUT2D eigenvalue weighted by atomic mass is 10.1. The lowest BCUT2D eigenvalue weighted by molar-refractivity contribution is 0.495. The number of hydrogen-bond acceptors (Lipinski definition) is 2. The maximum atomic E-state index is 4.52. The van der Waals surface area contributed by atoms with Crippen molar-refractivity contribution in [1.82, 2.24) is 10.3 Å². The minimum Gasteiger partial charge on any atom is -0.309 e. The molecule has 0 amide bonds. The first-order valence-electron chi connectivity index (χ1n) is 7.59. The predicted molar refractivity (Wildman–Crippen MR) is 76.7 cm³/mol. The molecule has 1 N–H and O–H groups in total. The second-order valence-corrected chi connectivity index (χ2v) is 5.36. The van der Waals surface area contributed by atoms with Gasteiger partial charge in [-0.05, 0) is 37.4 Å².